The summed E-state index contributed by atoms with van der Waals surface area (Å²) in [5, 5.41) is 0. The van der Waals surface area contributed by atoms with Crippen LogP contribution in [0.1, 0.15) is 219 Å². The van der Waals surface area contributed by atoms with Gasteiger partial charge in [-0.05, 0) is 61.4 Å². The highest BCUT2D eigenvalue weighted by molar-refractivity contribution is 7.91. The van der Waals surface area contributed by atoms with Gasteiger partial charge in [0.15, 0.2) is 0 Å². The Morgan fingerprint density at radius 3 is 0.755 bits per heavy atom. The lowest BCUT2D eigenvalue weighted by molar-refractivity contribution is 0.304. The number of hydrogen-bond donors (Lipinski definition) is 0. The quantitative estimate of drug-likeness (QED) is 0.0641. The van der Waals surface area contributed by atoms with E-state index in [4.69, 9.17) is 9.47 Å². The third-order valence-corrected chi connectivity index (χ3v) is 12.6. The fourth-order valence-corrected chi connectivity index (χ4v) is 8.51. The molecule has 304 valence electrons. The standard InChI is InChI=1S/C48H82O4S/c1-3-5-7-9-11-13-15-17-19-21-23-25-27-29-31-33-43-51-45-35-39-47(40-36-45)53(49,50)48-41-37-46(38-42-48)52-44-34-32-30-28-26-24-22-20-18-16-14-12-10-8-6-4-2/h35-42H,3-34,43-44H2,1-2H3. The van der Waals surface area contributed by atoms with Crippen molar-refractivity contribution in [1.82, 2.24) is 0 Å². The lowest BCUT2D eigenvalue weighted by atomic mass is 10.0. The van der Waals surface area contributed by atoms with Gasteiger partial charge in [0, 0.05) is 0 Å². The maximum absolute atomic E-state index is 13.2. The molecule has 0 amide bonds. The minimum atomic E-state index is -3.59. The number of sulfone groups is 1. The molecule has 0 aliphatic carbocycles. The minimum Gasteiger partial charge on any atom is -0.494 e. The van der Waals surface area contributed by atoms with Crippen LogP contribution in [0.5, 0.6) is 11.5 Å². The SMILES string of the molecule is CCCCCCCCCCCCCCCCCCOc1ccc(S(=O)(=O)c2ccc(OCCCCCCCCCCCCCCCCCC)cc2)cc1. The number of unbranched alkanes of at least 4 members (excludes halogenated alkanes) is 30. The largest absolute Gasteiger partial charge is 0.494 e. The topological polar surface area (TPSA) is 52.6 Å². The number of rotatable bonds is 38. The molecule has 0 saturated heterocycles. The maximum atomic E-state index is 13.2. The number of hydrogen-bond acceptors (Lipinski definition) is 4. The van der Waals surface area contributed by atoms with Gasteiger partial charge in [0.2, 0.25) is 9.84 Å². The second-order valence-electron chi connectivity index (χ2n) is 15.7. The maximum Gasteiger partial charge on any atom is 0.206 e. The smallest absolute Gasteiger partial charge is 0.206 e. The van der Waals surface area contributed by atoms with Gasteiger partial charge in [0.1, 0.15) is 11.5 Å². The molecule has 0 unspecified atom stereocenters. The van der Waals surface area contributed by atoms with E-state index in [1.54, 1.807) is 48.5 Å². The van der Waals surface area contributed by atoms with Crippen LogP contribution in [0.2, 0.25) is 0 Å². The molecule has 0 aliphatic rings. The molecular weight excluding hydrogens is 673 g/mol. The first-order chi connectivity index (χ1) is 26.1. The zero-order valence-corrected chi connectivity index (χ0v) is 35.5. The molecule has 0 N–H and O–H groups in total. The van der Waals surface area contributed by atoms with Crippen molar-refractivity contribution in [1.29, 1.82) is 0 Å². The summed E-state index contributed by atoms with van der Waals surface area (Å²) in [6.07, 6.45) is 43.3. The van der Waals surface area contributed by atoms with Crippen molar-refractivity contribution in [3.8, 4) is 11.5 Å². The van der Waals surface area contributed by atoms with Crippen LogP contribution in [-0.4, -0.2) is 21.6 Å². The van der Waals surface area contributed by atoms with Crippen LogP contribution in [0.3, 0.4) is 0 Å². The van der Waals surface area contributed by atoms with E-state index in [9.17, 15) is 8.42 Å². The van der Waals surface area contributed by atoms with Crippen molar-refractivity contribution in [2.24, 2.45) is 0 Å². The summed E-state index contributed by atoms with van der Waals surface area (Å²) >= 11 is 0. The van der Waals surface area contributed by atoms with Gasteiger partial charge in [-0.2, -0.15) is 0 Å². The molecule has 0 heterocycles. The van der Waals surface area contributed by atoms with Crippen molar-refractivity contribution >= 4 is 9.84 Å². The Bertz CT molecular complexity index is 1090. The Hall–Kier alpha value is -2.01. The highest BCUT2D eigenvalue weighted by Crippen LogP contribution is 2.25. The summed E-state index contributed by atoms with van der Waals surface area (Å²) in [4.78, 5) is 0.572. The summed E-state index contributed by atoms with van der Waals surface area (Å²) in [6.45, 7) is 5.91. The van der Waals surface area contributed by atoms with Gasteiger partial charge in [-0.25, -0.2) is 8.42 Å². The molecule has 53 heavy (non-hydrogen) atoms. The first kappa shape index (κ1) is 47.1. The third-order valence-electron chi connectivity index (χ3n) is 10.8. The molecule has 0 atom stereocenters. The van der Waals surface area contributed by atoms with Gasteiger partial charge in [0.25, 0.3) is 0 Å². The average molecular weight is 755 g/mol. The van der Waals surface area contributed by atoms with E-state index < -0.39 is 9.84 Å². The Morgan fingerprint density at radius 1 is 0.321 bits per heavy atom. The molecule has 2 rings (SSSR count). The number of ether oxygens (including phenoxy) is 2. The van der Waals surface area contributed by atoms with Crippen LogP contribution in [-0.2, 0) is 9.84 Å². The second kappa shape index (κ2) is 33.3. The molecule has 0 bridgehead atoms. The molecule has 2 aromatic carbocycles. The van der Waals surface area contributed by atoms with E-state index in [-0.39, 0.29) is 9.79 Å². The molecule has 5 heteroatoms. The molecule has 0 spiro atoms. The van der Waals surface area contributed by atoms with Crippen LogP contribution in [0.4, 0.5) is 0 Å². The Labute approximate surface area is 328 Å². The van der Waals surface area contributed by atoms with Crippen molar-refractivity contribution in [3.05, 3.63) is 48.5 Å². The fraction of sp³-hybridized carbons (Fsp3) is 0.750. The molecule has 0 saturated carbocycles. The van der Waals surface area contributed by atoms with Crippen molar-refractivity contribution in [2.75, 3.05) is 13.2 Å². The Balaban J connectivity index is 1.45. The van der Waals surface area contributed by atoms with E-state index in [1.807, 2.05) is 0 Å². The highest BCUT2D eigenvalue weighted by atomic mass is 32.2. The van der Waals surface area contributed by atoms with Gasteiger partial charge >= 0.3 is 0 Å². The van der Waals surface area contributed by atoms with Crippen molar-refractivity contribution in [3.63, 3.8) is 0 Å². The van der Waals surface area contributed by atoms with E-state index >= 15 is 0 Å². The molecule has 0 aromatic heterocycles. The lowest BCUT2D eigenvalue weighted by Gasteiger charge is -2.10. The zero-order chi connectivity index (χ0) is 37.9. The normalized spacial score (nSPS) is 11.7. The third kappa shape index (κ3) is 24.9. The first-order valence-corrected chi connectivity index (χ1v) is 24.3. The average Bonchev–Trinajstić information content (AvgIpc) is 3.17. The van der Waals surface area contributed by atoms with Crippen LogP contribution in [0.25, 0.3) is 0 Å². The summed E-state index contributed by atoms with van der Waals surface area (Å²) in [7, 11) is -3.59. The summed E-state index contributed by atoms with van der Waals surface area (Å²) in [5.74, 6) is 1.45. The highest BCUT2D eigenvalue weighted by Gasteiger charge is 2.17. The van der Waals surface area contributed by atoms with Gasteiger partial charge in [0.05, 0.1) is 23.0 Å². The van der Waals surface area contributed by atoms with Crippen LogP contribution in [0.15, 0.2) is 58.3 Å². The lowest BCUT2D eigenvalue weighted by Crippen LogP contribution is -2.03. The Kier molecular flexibility index (Phi) is 29.7. The van der Waals surface area contributed by atoms with Crippen LogP contribution >= 0.6 is 0 Å². The van der Waals surface area contributed by atoms with E-state index in [1.165, 1.54) is 193 Å². The van der Waals surface area contributed by atoms with E-state index in [0.717, 1.165) is 24.3 Å². The number of benzene rings is 2. The van der Waals surface area contributed by atoms with Crippen LogP contribution in [0, 0.1) is 0 Å². The molecule has 0 radical (unpaired) electrons. The van der Waals surface area contributed by atoms with E-state index in [0.29, 0.717) is 13.2 Å². The second-order valence-corrected chi connectivity index (χ2v) is 17.7. The Morgan fingerprint density at radius 2 is 0.528 bits per heavy atom. The van der Waals surface area contributed by atoms with E-state index in [2.05, 4.69) is 13.8 Å². The first-order valence-electron chi connectivity index (χ1n) is 22.8. The zero-order valence-electron chi connectivity index (χ0n) is 34.7. The van der Waals surface area contributed by atoms with Gasteiger partial charge in [-0.1, -0.05) is 206 Å². The summed E-state index contributed by atoms with van der Waals surface area (Å²) in [6, 6.07) is 13.7. The van der Waals surface area contributed by atoms with Crippen LogP contribution < -0.4 is 9.47 Å². The van der Waals surface area contributed by atoms with Crippen molar-refractivity contribution in [2.45, 2.75) is 229 Å². The fourth-order valence-electron chi connectivity index (χ4n) is 7.25. The van der Waals surface area contributed by atoms with Gasteiger partial charge < -0.3 is 9.47 Å². The van der Waals surface area contributed by atoms with Gasteiger partial charge in [-0.15, -0.1) is 0 Å². The molecule has 2 aromatic rings. The van der Waals surface area contributed by atoms with Gasteiger partial charge in [-0.3, -0.25) is 0 Å². The van der Waals surface area contributed by atoms with Crippen molar-refractivity contribution < 1.29 is 17.9 Å². The molecule has 0 aliphatic heterocycles. The predicted molar refractivity (Wildman–Crippen MR) is 228 cm³/mol. The monoisotopic (exact) mass is 755 g/mol. The molecule has 0 fully saturated rings. The minimum absolute atomic E-state index is 0.286. The predicted octanol–water partition coefficient (Wildman–Crippen LogP) is 15.8. The molecule has 4 nitrogen and oxygen atoms in total. The molecular formula is C48H82O4S. The summed E-state index contributed by atoms with van der Waals surface area (Å²) < 4.78 is 38.3. The summed E-state index contributed by atoms with van der Waals surface area (Å²) in [5.41, 5.74) is 0.